The quantitative estimate of drug-likeness (QED) is 0.678. The highest BCUT2D eigenvalue weighted by molar-refractivity contribution is 7.93. The highest BCUT2D eigenvalue weighted by atomic mass is 32.2. The van der Waals surface area contributed by atoms with Crippen LogP contribution in [0.15, 0.2) is 35.6 Å². The van der Waals surface area contributed by atoms with Gasteiger partial charge in [-0.1, -0.05) is 6.42 Å². The first-order chi connectivity index (χ1) is 15.5. The Kier molecular flexibility index (Phi) is 5.63. The highest BCUT2D eigenvalue weighted by Crippen LogP contribution is 2.47. The van der Waals surface area contributed by atoms with Gasteiger partial charge in [-0.25, -0.2) is 22.8 Å². The van der Waals surface area contributed by atoms with Crippen LogP contribution < -0.4 is 15.8 Å². The van der Waals surface area contributed by atoms with Gasteiger partial charge in [0.25, 0.3) is 5.91 Å². The molecular weight excluding hydrogens is 449 g/mol. The molecule has 0 spiro atoms. The molecule has 9 nitrogen and oxygen atoms in total. The van der Waals surface area contributed by atoms with Crippen molar-refractivity contribution in [2.45, 2.75) is 43.4 Å². The van der Waals surface area contributed by atoms with Crippen molar-refractivity contribution in [2.75, 3.05) is 18.2 Å². The zero-order valence-electron chi connectivity index (χ0n) is 18.6. The molecule has 33 heavy (non-hydrogen) atoms. The number of nitrogens with zero attached hydrogens (tertiary/aromatic N) is 3. The maximum atomic E-state index is 14.9. The number of aromatic nitrogens is 2. The second kappa shape index (κ2) is 8.05. The number of carbonyl (C=O) groups is 1. The van der Waals surface area contributed by atoms with E-state index in [1.165, 1.54) is 38.6 Å². The fraction of sp³-hybridized carbons (Fsp3) is 0.455. The van der Waals surface area contributed by atoms with Crippen molar-refractivity contribution in [1.82, 2.24) is 9.97 Å². The van der Waals surface area contributed by atoms with E-state index in [-0.39, 0.29) is 40.3 Å². The van der Waals surface area contributed by atoms with Gasteiger partial charge in [-0.3, -0.25) is 9.79 Å². The lowest BCUT2D eigenvalue weighted by Gasteiger charge is -2.46. The van der Waals surface area contributed by atoms with Crippen molar-refractivity contribution in [3.63, 3.8) is 0 Å². The number of amidine groups is 1. The minimum Gasteiger partial charge on any atom is -0.480 e. The van der Waals surface area contributed by atoms with E-state index in [9.17, 15) is 17.6 Å². The molecule has 2 aromatic rings. The normalized spacial score (nSPS) is 26.7. The average Bonchev–Trinajstić information content (AvgIpc) is 2.72. The predicted molar refractivity (Wildman–Crippen MR) is 121 cm³/mol. The lowest BCUT2D eigenvalue weighted by Crippen LogP contribution is -2.61. The standard InChI is InChI=1S/C22H26FN5O4S/c1-21(12-33(30,31)22(2,20(24)28-21)13-5-4-6-13)15-9-14(7-8-16(15)23)27-19(29)17-10-26-18(32-3)11-25-17/h7-11,13H,4-6,12H2,1-3H3,(H2,24,28)(H,27,29)/t21-,22?/m0/s1. The Labute approximate surface area is 191 Å². The molecule has 1 aromatic carbocycles. The highest BCUT2D eigenvalue weighted by Gasteiger charge is 2.57. The Hall–Kier alpha value is -3.08. The number of hydrogen-bond donors (Lipinski definition) is 2. The van der Waals surface area contributed by atoms with Crippen LogP contribution in [0.2, 0.25) is 0 Å². The van der Waals surface area contributed by atoms with E-state index in [1.807, 2.05) is 0 Å². The van der Waals surface area contributed by atoms with Gasteiger partial charge >= 0.3 is 0 Å². The summed E-state index contributed by atoms with van der Waals surface area (Å²) in [6.07, 6.45) is 5.05. The third kappa shape index (κ3) is 3.84. The van der Waals surface area contributed by atoms with Gasteiger partial charge in [-0.15, -0.1) is 0 Å². The molecule has 1 aliphatic carbocycles. The minimum atomic E-state index is -3.73. The molecule has 176 valence electrons. The Morgan fingerprint density at radius 2 is 1.97 bits per heavy atom. The number of halogens is 1. The molecule has 1 fully saturated rings. The summed E-state index contributed by atoms with van der Waals surface area (Å²) in [5.74, 6) is -1.42. The van der Waals surface area contributed by atoms with Crippen molar-refractivity contribution in [3.8, 4) is 5.88 Å². The van der Waals surface area contributed by atoms with E-state index in [1.54, 1.807) is 6.92 Å². The van der Waals surface area contributed by atoms with E-state index in [0.29, 0.717) is 0 Å². The van der Waals surface area contributed by atoms with E-state index in [0.717, 1.165) is 25.3 Å². The summed E-state index contributed by atoms with van der Waals surface area (Å²) in [6, 6.07) is 3.91. The van der Waals surface area contributed by atoms with Crippen LogP contribution in [0.3, 0.4) is 0 Å². The average molecular weight is 476 g/mol. The monoisotopic (exact) mass is 475 g/mol. The van der Waals surface area contributed by atoms with Crippen molar-refractivity contribution in [3.05, 3.63) is 47.7 Å². The number of rotatable bonds is 5. The number of methoxy groups -OCH3 is 1. The van der Waals surface area contributed by atoms with Crippen LogP contribution in [-0.4, -0.2) is 47.7 Å². The van der Waals surface area contributed by atoms with Crippen molar-refractivity contribution >= 4 is 27.3 Å². The smallest absolute Gasteiger partial charge is 0.275 e. The van der Waals surface area contributed by atoms with Gasteiger partial charge in [0.05, 0.1) is 25.3 Å². The van der Waals surface area contributed by atoms with E-state index in [4.69, 9.17) is 10.5 Å². The first-order valence-corrected chi connectivity index (χ1v) is 12.2. The Bertz CT molecular complexity index is 1230. The number of ether oxygens (including phenoxy) is 1. The van der Waals surface area contributed by atoms with Crippen molar-refractivity contribution in [1.29, 1.82) is 0 Å². The molecule has 1 aliphatic heterocycles. The zero-order chi connectivity index (χ0) is 24.0. The van der Waals surface area contributed by atoms with E-state index < -0.39 is 31.8 Å². The third-order valence-corrected chi connectivity index (χ3v) is 9.53. The number of aliphatic imine (C=N–C) groups is 1. The maximum absolute atomic E-state index is 14.9. The van der Waals surface area contributed by atoms with Gasteiger partial charge < -0.3 is 15.8 Å². The third-order valence-electron chi connectivity index (χ3n) is 6.75. The molecular formula is C22H26FN5O4S. The Morgan fingerprint density at radius 3 is 2.52 bits per heavy atom. The van der Waals surface area contributed by atoms with Crippen LogP contribution in [0, 0.1) is 11.7 Å². The second-order valence-electron chi connectivity index (χ2n) is 8.86. The van der Waals surface area contributed by atoms with Gasteiger partial charge in [-0.05, 0) is 50.8 Å². The Balaban J connectivity index is 1.66. The number of anilines is 1. The first kappa shape index (κ1) is 23.1. The molecule has 1 unspecified atom stereocenters. The molecule has 0 bridgehead atoms. The predicted octanol–water partition coefficient (Wildman–Crippen LogP) is 2.44. The number of amides is 1. The van der Waals surface area contributed by atoms with Gasteiger partial charge in [0.15, 0.2) is 9.84 Å². The molecule has 4 rings (SSSR count). The fourth-order valence-electron chi connectivity index (χ4n) is 4.40. The number of nitrogens with two attached hydrogens (primary N) is 1. The number of sulfone groups is 1. The summed E-state index contributed by atoms with van der Waals surface area (Å²) >= 11 is 0. The maximum Gasteiger partial charge on any atom is 0.275 e. The van der Waals surface area contributed by atoms with Crippen molar-refractivity contribution < 1.29 is 22.3 Å². The van der Waals surface area contributed by atoms with Gasteiger partial charge in [0.1, 0.15) is 27.6 Å². The molecule has 0 saturated heterocycles. The first-order valence-electron chi connectivity index (χ1n) is 10.6. The summed E-state index contributed by atoms with van der Waals surface area (Å²) < 4.78 is 45.3. The second-order valence-corrected chi connectivity index (χ2v) is 11.2. The summed E-state index contributed by atoms with van der Waals surface area (Å²) in [5, 5.41) is 2.63. The van der Waals surface area contributed by atoms with Crippen LogP contribution in [0.25, 0.3) is 0 Å². The summed E-state index contributed by atoms with van der Waals surface area (Å²) in [5.41, 5.74) is 5.12. The van der Waals surface area contributed by atoms with Crippen LogP contribution in [0.5, 0.6) is 5.88 Å². The topological polar surface area (TPSA) is 137 Å². The minimum absolute atomic E-state index is 0.00305. The van der Waals surface area contributed by atoms with Gasteiger partial charge in [0.2, 0.25) is 5.88 Å². The molecule has 3 N–H and O–H groups in total. The number of hydrogen-bond acceptors (Lipinski definition) is 8. The molecule has 2 heterocycles. The summed E-state index contributed by atoms with van der Waals surface area (Å²) in [7, 11) is -2.30. The SMILES string of the molecule is COc1cnc(C(=O)Nc2ccc(F)c([C@]3(C)CS(=O)(=O)C(C)(C4CCC4)C(N)=N3)c2)cn1. The molecule has 11 heteroatoms. The number of benzene rings is 1. The van der Waals surface area contributed by atoms with Gasteiger partial charge in [-0.2, -0.15) is 0 Å². The van der Waals surface area contributed by atoms with Crippen LogP contribution in [0.1, 0.15) is 49.2 Å². The lowest BCUT2D eigenvalue weighted by molar-refractivity contribution is 0.102. The van der Waals surface area contributed by atoms with Crippen LogP contribution in [-0.2, 0) is 15.4 Å². The van der Waals surface area contributed by atoms with Gasteiger partial charge in [0, 0.05) is 11.3 Å². The number of nitrogens with one attached hydrogen (secondary N) is 1. The van der Waals surface area contributed by atoms with E-state index >= 15 is 0 Å². The summed E-state index contributed by atoms with van der Waals surface area (Å²) in [4.78, 5) is 25.0. The number of carbonyl (C=O) groups excluding carboxylic acids is 1. The molecule has 0 radical (unpaired) electrons. The molecule has 1 amide bonds. The largest absolute Gasteiger partial charge is 0.480 e. The zero-order valence-corrected chi connectivity index (χ0v) is 19.4. The van der Waals surface area contributed by atoms with Crippen LogP contribution in [0.4, 0.5) is 10.1 Å². The molecule has 2 atom stereocenters. The lowest BCUT2D eigenvalue weighted by atomic mass is 9.75. The molecule has 2 aliphatic rings. The van der Waals surface area contributed by atoms with Crippen LogP contribution >= 0.6 is 0 Å². The fourth-order valence-corrected chi connectivity index (χ4v) is 6.77. The van der Waals surface area contributed by atoms with Crippen molar-refractivity contribution in [2.24, 2.45) is 16.6 Å². The van der Waals surface area contributed by atoms with E-state index in [2.05, 4.69) is 20.3 Å². The Morgan fingerprint density at radius 1 is 1.24 bits per heavy atom. The molecule has 1 saturated carbocycles. The molecule has 1 aromatic heterocycles. The summed E-state index contributed by atoms with van der Waals surface area (Å²) in [6.45, 7) is 3.16.